The monoisotopic (exact) mass is 411 g/mol. The highest BCUT2D eigenvalue weighted by Gasteiger charge is 2.18. The molecule has 0 unspecified atom stereocenters. The molecule has 1 aromatic heterocycles. The van der Waals surface area contributed by atoms with Gasteiger partial charge in [-0.15, -0.1) is 10.2 Å². The molecule has 0 atom stereocenters. The van der Waals surface area contributed by atoms with Crippen molar-refractivity contribution in [3.05, 3.63) is 42.0 Å². The molecule has 30 heavy (non-hydrogen) atoms. The standard InChI is InChI=1S/C23H37N7/c1-4-22-28-27-18-30(22)16-15-25-23(24-5-2)26-17-19-11-13-21(14-12-19)29(3)20-9-7-6-8-10-20/h11-14,18,20H,4-10,15-17H2,1-3H3,(H2,24,25,26). The molecule has 7 nitrogen and oxygen atoms in total. The highest BCUT2D eigenvalue weighted by molar-refractivity contribution is 5.79. The molecule has 0 amide bonds. The van der Waals surface area contributed by atoms with Gasteiger partial charge in [0.05, 0.1) is 6.54 Å². The van der Waals surface area contributed by atoms with Crippen LogP contribution >= 0.6 is 0 Å². The van der Waals surface area contributed by atoms with Gasteiger partial charge in [-0.1, -0.05) is 38.3 Å². The second-order valence-corrected chi connectivity index (χ2v) is 7.99. The third kappa shape index (κ3) is 6.21. The highest BCUT2D eigenvalue weighted by Crippen LogP contribution is 2.26. The summed E-state index contributed by atoms with van der Waals surface area (Å²) in [5, 5.41) is 14.8. The Balaban J connectivity index is 1.52. The molecule has 0 spiro atoms. The van der Waals surface area contributed by atoms with Crippen molar-refractivity contribution in [1.82, 2.24) is 25.4 Å². The maximum atomic E-state index is 4.75. The molecule has 0 aliphatic heterocycles. The zero-order valence-corrected chi connectivity index (χ0v) is 18.8. The molecule has 0 saturated heterocycles. The fraction of sp³-hybridized carbons (Fsp3) is 0.609. The molecule has 2 N–H and O–H groups in total. The van der Waals surface area contributed by atoms with Crippen LogP contribution in [0, 0.1) is 0 Å². The van der Waals surface area contributed by atoms with Crippen LogP contribution in [-0.4, -0.2) is 46.9 Å². The minimum Gasteiger partial charge on any atom is -0.372 e. The van der Waals surface area contributed by atoms with Crippen molar-refractivity contribution in [1.29, 1.82) is 0 Å². The molecular weight excluding hydrogens is 374 g/mol. The van der Waals surface area contributed by atoms with Gasteiger partial charge in [0.15, 0.2) is 5.96 Å². The van der Waals surface area contributed by atoms with Crippen LogP contribution in [0.2, 0.25) is 0 Å². The Morgan fingerprint density at radius 3 is 2.60 bits per heavy atom. The Bertz CT molecular complexity index is 775. The number of nitrogens with one attached hydrogen (secondary N) is 2. The van der Waals surface area contributed by atoms with Crippen LogP contribution in [0.25, 0.3) is 0 Å². The van der Waals surface area contributed by atoms with Crippen LogP contribution in [0.5, 0.6) is 0 Å². The summed E-state index contributed by atoms with van der Waals surface area (Å²) in [6.45, 7) is 7.28. The van der Waals surface area contributed by atoms with Crippen molar-refractivity contribution in [3.63, 3.8) is 0 Å². The van der Waals surface area contributed by atoms with Gasteiger partial charge >= 0.3 is 0 Å². The number of hydrogen-bond acceptors (Lipinski definition) is 4. The van der Waals surface area contributed by atoms with E-state index >= 15 is 0 Å². The van der Waals surface area contributed by atoms with Gasteiger partial charge in [-0.05, 0) is 37.5 Å². The molecule has 1 saturated carbocycles. The third-order valence-electron chi connectivity index (χ3n) is 5.89. The smallest absolute Gasteiger partial charge is 0.191 e. The highest BCUT2D eigenvalue weighted by atomic mass is 15.3. The first-order valence-electron chi connectivity index (χ1n) is 11.4. The van der Waals surface area contributed by atoms with E-state index in [9.17, 15) is 0 Å². The summed E-state index contributed by atoms with van der Waals surface area (Å²) in [5.74, 6) is 1.85. The lowest BCUT2D eigenvalue weighted by Gasteiger charge is -2.33. The third-order valence-corrected chi connectivity index (χ3v) is 5.89. The number of rotatable bonds is 9. The molecule has 0 radical (unpaired) electrons. The second kappa shape index (κ2) is 11.6. The number of benzene rings is 1. The SMILES string of the molecule is CCNC(=NCc1ccc(N(C)C2CCCCC2)cc1)NCCn1cnnc1CC. The van der Waals surface area contributed by atoms with Gasteiger partial charge < -0.3 is 20.1 Å². The first kappa shape index (κ1) is 22.1. The molecule has 1 aliphatic rings. The summed E-state index contributed by atoms with van der Waals surface area (Å²) in [7, 11) is 2.23. The minimum atomic E-state index is 0.662. The Kier molecular flexibility index (Phi) is 8.53. The zero-order chi connectivity index (χ0) is 21.2. The fourth-order valence-corrected chi connectivity index (χ4v) is 4.06. The predicted molar refractivity (Wildman–Crippen MR) is 124 cm³/mol. The van der Waals surface area contributed by atoms with Gasteiger partial charge in [-0.2, -0.15) is 0 Å². The molecule has 1 aromatic carbocycles. The normalized spacial score (nSPS) is 15.2. The zero-order valence-electron chi connectivity index (χ0n) is 18.8. The number of aryl methyl sites for hydroxylation is 1. The molecule has 1 aliphatic carbocycles. The number of hydrogen-bond donors (Lipinski definition) is 2. The number of nitrogens with zero attached hydrogens (tertiary/aromatic N) is 5. The molecule has 164 valence electrons. The minimum absolute atomic E-state index is 0.662. The Hall–Kier alpha value is -2.57. The average Bonchev–Trinajstić information content (AvgIpc) is 3.25. The maximum Gasteiger partial charge on any atom is 0.191 e. The van der Waals surface area contributed by atoms with E-state index in [1.165, 1.54) is 43.4 Å². The lowest BCUT2D eigenvalue weighted by Crippen LogP contribution is -2.38. The molecule has 1 heterocycles. The van der Waals surface area contributed by atoms with E-state index in [0.29, 0.717) is 12.6 Å². The van der Waals surface area contributed by atoms with Crippen molar-refractivity contribution in [2.45, 2.75) is 71.5 Å². The first-order chi connectivity index (χ1) is 14.7. The predicted octanol–water partition coefficient (Wildman–Crippen LogP) is 3.36. The number of guanidine groups is 1. The molecule has 3 rings (SSSR count). The van der Waals surface area contributed by atoms with Crippen molar-refractivity contribution < 1.29 is 0 Å². The summed E-state index contributed by atoms with van der Waals surface area (Å²) in [6.07, 6.45) is 9.42. The fourth-order valence-electron chi connectivity index (χ4n) is 4.06. The Labute approximate surface area is 181 Å². The van der Waals surface area contributed by atoms with Gasteiger partial charge in [-0.25, -0.2) is 4.99 Å². The van der Waals surface area contributed by atoms with E-state index in [0.717, 1.165) is 37.8 Å². The van der Waals surface area contributed by atoms with Crippen LogP contribution < -0.4 is 15.5 Å². The largest absolute Gasteiger partial charge is 0.372 e. The number of anilines is 1. The molecule has 2 aromatic rings. The van der Waals surface area contributed by atoms with Crippen molar-refractivity contribution in [3.8, 4) is 0 Å². The quantitative estimate of drug-likeness (QED) is 0.489. The summed E-state index contributed by atoms with van der Waals surface area (Å²) >= 11 is 0. The molecule has 0 bridgehead atoms. The summed E-state index contributed by atoms with van der Waals surface area (Å²) in [6, 6.07) is 9.56. The lowest BCUT2D eigenvalue weighted by molar-refractivity contribution is 0.427. The number of aliphatic imine (C=N–C) groups is 1. The Morgan fingerprint density at radius 2 is 1.90 bits per heavy atom. The van der Waals surface area contributed by atoms with E-state index in [4.69, 9.17) is 4.99 Å². The van der Waals surface area contributed by atoms with Crippen LogP contribution in [-0.2, 0) is 19.5 Å². The first-order valence-corrected chi connectivity index (χ1v) is 11.4. The lowest BCUT2D eigenvalue weighted by atomic mass is 9.94. The topological polar surface area (TPSA) is 70.4 Å². The summed E-state index contributed by atoms with van der Waals surface area (Å²) in [4.78, 5) is 7.20. The Morgan fingerprint density at radius 1 is 1.13 bits per heavy atom. The van der Waals surface area contributed by atoms with Crippen molar-refractivity contribution in [2.24, 2.45) is 4.99 Å². The molecular formula is C23H37N7. The van der Waals surface area contributed by atoms with E-state index < -0.39 is 0 Å². The number of aromatic nitrogens is 3. The summed E-state index contributed by atoms with van der Waals surface area (Å²) < 4.78 is 2.08. The van der Waals surface area contributed by atoms with Crippen LogP contribution in [0.4, 0.5) is 5.69 Å². The average molecular weight is 412 g/mol. The van der Waals surface area contributed by atoms with Crippen LogP contribution in [0.3, 0.4) is 0 Å². The van der Waals surface area contributed by atoms with Crippen molar-refractivity contribution in [2.75, 3.05) is 25.0 Å². The van der Waals surface area contributed by atoms with E-state index in [1.807, 2.05) is 0 Å². The van der Waals surface area contributed by atoms with Crippen LogP contribution in [0.1, 0.15) is 57.3 Å². The van der Waals surface area contributed by atoms with E-state index in [-0.39, 0.29) is 0 Å². The van der Waals surface area contributed by atoms with Crippen molar-refractivity contribution >= 4 is 11.6 Å². The van der Waals surface area contributed by atoms with Gasteiger partial charge in [-0.3, -0.25) is 0 Å². The van der Waals surface area contributed by atoms with Gasteiger partial charge in [0.2, 0.25) is 0 Å². The van der Waals surface area contributed by atoms with Gasteiger partial charge in [0.1, 0.15) is 12.2 Å². The van der Waals surface area contributed by atoms with E-state index in [2.05, 4.69) is 75.5 Å². The summed E-state index contributed by atoms with van der Waals surface area (Å²) in [5.41, 5.74) is 2.53. The van der Waals surface area contributed by atoms with E-state index in [1.54, 1.807) is 6.33 Å². The molecule has 7 heteroatoms. The second-order valence-electron chi connectivity index (χ2n) is 7.99. The maximum absolute atomic E-state index is 4.75. The molecule has 1 fully saturated rings. The van der Waals surface area contributed by atoms with Crippen LogP contribution in [0.15, 0.2) is 35.6 Å². The van der Waals surface area contributed by atoms with Gasteiger partial charge in [0.25, 0.3) is 0 Å². The van der Waals surface area contributed by atoms with Gasteiger partial charge in [0, 0.05) is 44.8 Å².